The number of methoxy groups -OCH3 is 1. The topological polar surface area (TPSA) is 85.2 Å². The summed E-state index contributed by atoms with van der Waals surface area (Å²) in [5, 5.41) is 19.3. The van der Waals surface area contributed by atoms with Gasteiger partial charge in [0, 0.05) is 13.2 Å². The summed E-state index contributed by atoms with van der Waals surface area (Å²) in [4.78, 5) is 11.4. The van der Waals surface area contributed by atoms with Crippen LogP contribution in [0.5, 0.6) is 5.75 Å². The van der Waals surface area contributed by atoms with E-state index in [2.05, 4.69) is 0 Å². The van der Waals surface area contributed by atoms with Gasteiger partial charge >= 0.3 is 5.97 Å². The van der Waals surface area contributed by atoms with Crippen LogP contribution in [0.4, 0.5) is 0 Å². The van der Waals surface area contributed by atoms with E-state index >= 15 is 0 Å². The molecule has 0 saturated carbocycles. The van der Waals surface area contributed by atoms with Gasteiger partial charge in [0.15, 0.2) is 0 Å². The molecule has 1 rings (SSSR count). The Balaban J connectivity index is 2.64. The Hall–Kier alpha value is -2.15. The van der Waals surface area contributed by atoms with Crippen molar-refractivity contribution in [3.05, 3.63) is 53.6 Å². The lowest BCUT2D eigenvalue weighted by molar-refractivity contribution is -0.137. The number of ether oxygens (including phenoxy) is 3. The molecule has 0 spiro atoms. The molecule has 1 aromatic carbocycles. The molecule has 0 aromatic heterocycles. The number of esters is 1. The van der Waals surface area contributed by atoms with Crippen molar-refractivity contribution in [1.82, 2.24) is 0 Å². The second-order valence-electron chi connectivity index (χ2n) is 5.64. The third-order valence-corrected chi connectivity index (χ3v) is 3.62. The maximum absolute atomic E-state index is 11.4. The summed E-state index contributed by atoms with van der Waals surface area (Å²) >= 11 is 0. The van der Waals surface area contributed by atoms with Gasteiger partial charge in [-0.2, -0.15) is 0 Å². The smallest absolute Gasteiger partial charge is 0.330 e. The average molecular weight is 364 g/mol. The fourth-order valence-electron chi connectivity index (χ4n) is 2.30. The van der Waals surface area contributed by atoms with E-state index in [1.807, 2.05) is 6.08 Å². The van der Waals surface area contributed by atoms with Crippen LogP contribution in [0.25, 0.3) is 0 Å². The summed E-state index contributed by atoms with van der Waals surface area (Å²) in [6.07, 6.45) is 4.32. The molecular weight excluding hydrogens is 336 g/mol. The van der Waals surface area contributed by atoms with Crippen LogP contribution < -0.4 is 4.74 Å². The monoisotopic (exact) mass is 364 g/mol. The van der Waals surface area contributed by atoms with Gasteiger partial charge in [-0.15, -0.1) is 0 Å². The van der Waals surface area contributed by atoms with Gasteiger partial charge in [0.2, 0.25) is 0 Å². The lowest BCUT2D eigenvalue weighted by atomic mass is 10.0. The first kappa shape index (κ1) is 21.9. The Morgan fingerprint density at radius 1 is 1.27 bits per heavy atom. The molecule has 2 atom stereocenters. The Labute approximate surface area is 154 Å². The highest BCUT2D eigenvalue weighted by molar-refractivity contribution is 5.83. The first-order valence-corrected chi connectivity index (χ1v) is 8.57. The molecule has 144 valence electrons. The SMILES string of the molecule is CCOC(=O)/C=C(C)/C=C/C[C@@H](OC)[C@H](O)c1ccc(OCCO)cc1. The minimum Gasteiger partial charge on any atom is -0.491 e. The van der Waals surface area contributed by atoms with Crippen LogP contribution >= 0.6 is 0 Å². The van der Waals surface area contributed by atoms with Gasteiger partial charge in [-0.05, 0) is 43.5 Å². The lowest BCUT2D eigenvalue weighted by Gasteiger charge is -2.21. The van der Waals surface area contributed by atoms with E-state index in [1.165, 1.54) is 6.08 Å². The third-order valence-electron chi connectivity index (χ3n) is 3.62. The largest absolute Gasteiger partial charge is 0.491 e. The quantitative estimate of drug-likeness (QED) is 0.357. The molecular formula is C20H28O6. The highest BCUT2D eigenvalue weighted by atomic mass is 16.5. The highest BCUT2D eigenvalue weighted by Crippen LogP contribution is 2.24. The van der Waals surface area contributed by atoms with Crippen molar-refractivity contribution in [3.8, 4) is 5.75 Å². The van der Waals surface area contributed by atoms with Gasteiger partial charge in [0.25, 0.3) is 0 Å². The Morgan fingerprint density at radius 3 is 2.54 bits per heavy atom. The molecule has 2 N–H and O–H groups in total. The van der Waals surface area contributed by atoms with Crippen molar-refractivity contribution >= 4 is 5.97 Å². The second kappa shape index (κ2) is 12.2. The van der Waals surface area contributed by atoms with Crippen molar-refractivity contribution in [3.63, 3.8) is 0 Å². The van der Waals surface area contributed by atoms with Crippen molar-refractivity contribution in [2.45, 2.75) is 32.5 Å². The van der Waals surface area contributed by atoms with Gasteiger partial charge in [0.1, 0.15) is 18.5 Å². The summed E-state index contributed by atoms with van der Waals surface area (Å²) in [5.41, 5.74) is 1.47. The van der Waals surface area contributed by atoms with Crippen LogP contribution in [0, 0.1) is 0 Å². The van der Waals surface area contributed by atoms with Crippen molar-refractivity contribution in [2.75, 3.05) is 26.9 Å². The predicted octanol–water partition coefficient (Wildman–Crippen LogP) is 2.56. The number of rotatable bonds is 11. The lowest BCUT2D eigenvalue weighted by Crippen LogP contribution is -2.20. The molecule has 0 fully saturated rings. The molecule has 0 aliphatic rings. The molecule has 0 heterocycles. The average Bonchev–Trinajstić information content (AvgIpc) is 2.63. The molecule has 6 heteroatoms. The van der Waals surface area contributed by atoms with Crippen LogP contribution in [-0.4, -0.2) is 49.2 Å². The first-order valence-electron chi connectivity index (χ1n) is 8.57. The van der Waals surface area contributed by atoms with E-state index < -0.39 is 12.2 Å². The molecule has 0 aliphatic heterocycles. The van der Waals surface area contributed by atoms with Gasteiger partial charge < -0.3 is 24.4 Å². The zero-order chi connectivity index (χ0) is 19.4. The fraction of sp³-hybridized carbons (Fsp3) is 0.450. The molecule has 0 unspecified atom stereocenters. The number of hydrogen-bond donors (Lipinski definition) is 2. The van der Waals surface area contributed by atoms with Crippen LogP contribution in [0.15, 0.2) is 48.1 Å². The third kappa shape index (κ3) is 7.82. The van der Waals surface area contributed by atoms with E-state index in [9.17, 15) is 9.90 Å². The molecule has 0 amide bonds. The number of benzene rings is 1. The van der Waals surface area contributed by atoms with Gasteiger partial charge in [-0.3, -0.25) is 0 Å². The molecule has 0 radical (unpaired) electrons. The van der Waals surface area contributed by atoms with Gasteiger partial charge in [-0.25, -0.2) is 4.79 Å². The van der Waals surface area contributed by atoms with E-state index in [0.29, 0.717) is 24.3 Å². The maximum atomic E-state index is 11.4. The number of aliphatic hydroxyl groups is 2. The number of hydrogen-bond acceptors (Lipinski definition) is 6. The van der Waals surface area contributed by atoms with Crippen LogP contribution in [-0.2, 0) is 14.3 Å². The Bertz CT molecular complexity index is 591. The summed E-state index contributed by atoms with van der Waals surface area (Å²) in [7, 11) is 1.54. The fourth-order valence-corrected chi connectivity index (χ4v) is 2.30. The zero-order valence-corrected chi connectivity index (χ0v) is 15.6. The van der Waals surface area contributed by atoms with E-state index in [0.717, 1.165) is 5.57 Å². The second-order valence-corrected chi connectivity index (χ2v) is 5.64. The van der Waals surface area contributed by atoms with E-state index in [4.69, 9.17) is 19.3 Å². The van der Waals surface area contributed by atoms with Crippen LogP contribution in [0.1, 0.15) is 31.9 Å². The number of carbonyl (C=O) groups excluding carboxylic acids is 1. The first-order chi connectivity index (χ1) is 12.5. The molecule has 1 aromatic rings. The number of aliphatic hydroxyl groups excluding tert-OH is 2. The summed E-state index contributed by atoms with van der Waals surface area (Å²) in [6, 6.07) is 7.00. The van der Waals surface area contributed by atoms with Gasteiger partial charge in [0.05, 0.1) is 19.3 Å². The Kier molecular flexibility index (Phi) is 10.3. The van der Waals surface area contributed by atoms with E-state index in [1.54, 1.807) is 51.3 Å². The minimum atomic E-state index is -0.800. The van der Waals surface area contributed by atoms with Crippen molar-refractivity contribution in [1.29, 1.82) is 0 Å². The maximum Gasteiger partial charge on any atom is 0.330 e. The van der Waals surface area contributed by atoms with Gasteiger partial charge in [-0.1, -0.05) is 24.3 Å². The summed E-state index contributed by atoms with van der Waals surface area (Å²) < 4.78 is 15.5. The predicted molar refractivity (Wildman–Crippen MR) is 98.9 cm³/mol. The number of carbonyl (C=O) groups is 1. The normalized spacial score (nSPS) is 14.3. The van der Waals surface area contributed by atoms with E-state index in [-0.39, 0.29) is 19.2 Å². The van der Waals surface area contributed by atoms with Crippen molar-refractivity contribution < 1.29 is 29.2 Å². The zero-order valence-electron chi connectivity index (χ0n) is 15.6. The van der Waals surface area contributed by atoms with Crippen molar-refractivity contribution in [2.24, 2.45) is 0 Å². The molecule has 6 nitrogen and oxygen atoms in total. The molecule has 0 saturated heterocycles. The summed E-state index contributed by atoms with van der Waals surface area (Å²) in [5.74, 6) is 0.255. The highest BCUT2D eigenvalue weighted by Gasteiger charge is 2.19. The standard InChI is InChI=1S/C20H28O6/c1-4-25-19(22)14-15(2)6-5-7-18(24-3)20(23)16-8-10-17(11-9-16)26-13-12-21/h5-6,8-11,14,18,20-21,23H,4,7,12-13H2,1-3H3/b6-5+,15-14+/t18-,20-/m1/s1. The molecule has 0 aliphatic carbocycles. The van der Waals surface area contributed by atoms with Crippen LogP contribution in [0.2, 0.25) is 0 Å². The Morgan fingerprint density at radius 2 is 1.96 bits per heavy atom. The van der Waals surface area contributed by atoms with Crippen LogP contribution in [0.3, 0.4) is 0 Å². The molecule has 26 heavy (non-hydrogen) atoms. The minimum absolute atomic E-state index is 0.0491. The summed E-state index contributed by atoms with van der Waals surface area (Å²) in [6.45, 7) is 4.08. The molecule has 0 bridgehead atoms. The number of allylic oxidation sites excluding steroid dienone is 2.